The van der Waals surface area contributed by atoms with Crippen LogP contribution in [0.25, 0.3) is 0 Å². The fourth-order valence-electron chi connectivity index (χ4n) is 0.903. The molecule has 0 amide bonds. The van der Waals surface area contributed by atoms with E-state index in [2.05, 4.69) is 11.9 Å². The Morgan fingerprint density at radius 1 is 1.58 bits per heavy atom. The van der Waals surface area contributed by atoms with E-state index in [0.29, 0.717) is 5.02 Å². The van der Waals surface area contributed by atoms with Crippen LogP contribution in [0.15, 0.2) is 31.0 Å². The lowest BCUT2D eigenvalue weighted by molar-refractivity contribution is 0.417. The summed E-state index contributed by atoms with van der Waals surface area (Å²) in [5.41, 5.74) is 0.819. The normalized spacial score (nSPS) is 9.17. The molecule has 0 aliphatic heterocycles. The number of rotatable bonds is 3. The first-order chi connectivity index (χ1) is 5.77. The molecule has 1 N–H and O–H groups in total. The van der Waals surface area contributed by atoms with Gasteiger partial charge in [0, 0.05) is 5.02 Å². The van der Waals surface area contributed by atoms with Crippen molar-refractivity contribution in [3.8, 4) is 5.75 Å². The van der Waals surface area contributed by atoms with Crippen molar-refractivity contribution in [1.82, 2.24) is 0 Å². The van der Waals surface area contributed by atoms with E-state index in [9.17, 15) is 0 Å². The summed E-state index contributed by atoms with van der Waals surface area (Å²) in [4.78, 5) is 0. The van der Waals surface area contributed by atoms with Crippen LogP contribution in [0.2, 0.25) is 5.02 Å². The second-order valence-electron chi connectivity index (χ2n) is 2.19. The van der Waals surface area contributed by atoms with Crippen LogP contribution in [-0.4, -0.2) is 7.11 Å². The van der Waals surface area contributed by atoms with Gasteiger partial charge in [-0.05, 0) is 24.4 Å². The molecule has 64 valence electrons. The highest BCUT2D eigenvalue weighted by molar-refractivity contribution is 6.30. The smallest absolute Gasteiger partial charge is 0.142 e. The number of hydrogen-bond donors (Lipinski definition) is 1. The molecule has 12 heavy (non-hydrogen) atoms. The maximum absolute atomic E-state index is 5.78. The molecule has 1 rings (SSSR count). The summed E-state index contributed by atoms with van der Waals surface area (Å²) in [5, 5.41) is 3.59. The van der Waals surface area contributed by atoms with Crippen molar-refractivity contribution >= 4 is 17.3 Å². The Bertz CT molecular complexity index is 286. The van der Waals surface area contributed by atoms with Crippen LogP contribution in [0.3, 0.4) is 0 Å². The second-order valence-corrected chi connectivity index (χ2v) is 2.63. The Morgan fingerprint density at radius 2 is 2.33 bits per heavy atom. The molecule has 0 aliphatic carbocycles. The van der Waals surface area contributed by atoms with Gasteiger partial charge in [0.1, 0.15) is 5.75 Å². The van der Waals surface area contributed by atoms with Crippen LogP contribution in [0.4, 0.5) is 5.69 Å². The molecule has 1 aromatic rings. The van der Waals surface area contributed by atoms with Crippen LogP contribution in [0.5, 0.6) is 5.75 Å². The van der Waals surface area contributed by atoms with Crippen LogP contribution in [0, 0.1) is 0 Å². The van der Waals surface area contributed by atoms with Crippen molar-refractivity contribution < 1.29 is 4.74 Å². The number of hydrogen-bond acceptors (Lipinski definition) is 2. The molecule has 0 fully saturated rings. The Labute approximate surface area is 76.8 Å². The Hall–Kier alpha value is -1.15. The van der Waals surface area contributed by atoms with Crippen LogP contribution in [0.1, 0.15) is 0 Å². The number of methoxy groups -OCH3 is 1. The first-order valence-electron chi connectivity index (χ1n) is 3.49. The zero-order chi connectivity index (χ0) is 8.97. The van der Waals surface area contributed by atoms with Gasteiger partial charge in [-0.15, -0.1) is 0 Å². The lowest BCUT2D eigenvalue weighted by Gasteiger charge is -2.07. The molecule has 0 radical (unpaired) electrons. The fourth-order valence-corrected chi connectivity index (χ4v) is 1.08. The third-order valence-electron chi connectivity index (χ3n) is 1.42. The zero-order valence-corrected chi connectivity index (χ0v) is 7.56. The largest absolute Gasteiger partial charge is 0.495 e. The van der Waals surface area contributed by atoms with Crippen LogP contribution in [-0.2, 0) is 0 Å². The third kappa shape index (κ3) is 1.92. The monoisotopic (exact) mass is 183 g/mol. The lowest BCUT2D eigenvalue weighted by atomic mass is 10.3. The number of benzene rings is 1. The van der Waals surface area contributed by atoms with Gasteiger partial charge in [-0.2, -0.15) is 0 Å². The van der Waals surface area contributed by atoms with Gasteiger partial charge in [0.25, 0.3) is 0 Å². The van der Waals surface area contributed by atoms with Gasteiger partial charge < -0.3 is 10.1 Å². The summed E-state index contributed by atoms with van der Waals surface area (Å²) in [7, 11) is 1.61. The van der Waals surface area contributed by atoms with Gasteiger partial charge >= 0.3 is 0 Å². The van der Waals surface area contributed by atoms with Crippen LogP contribution >= 0.6 is 11.6 Å². The summed E-state index contributed by atoms with van der Waals surface area (Å²) < 4.78 is 5.08. The molecule has 1 aromatic carbocycles. The lowest BCUT2D eigenvalue weighted by Crippen LogP contribution is -1.91. The molecule has 0 aromatic heterocycles. The molecular weight excluding hydrogens is 174 g/mol. The van der Waals surface area contributed by atoms with Crippen LogP contribution < -0.4 is 10.1 Å². The number of anilines is 1. The minimum Gasteiger partial charge on any atom is -0.495 e. The predicted molar refractivity (Wildman–Crippen MR) is 51.8 cm³/mol. The summed E-state index contributed by atoms with van der Waals surface area (Å²) in [6, 6.07) is 5.35. The standard InChI is InChI=1S/C9H10ClNO/c1-3-11-8-6-7(10)4-5-9(8)12-2/h3-6,11H,1H2,2H3. The Morgan fingerprint density at radius 3 is 2.92 bits per heavy atom. The summed E-state index contributed by atoms with van der Waals surface area (Å²) in [6.45, 7) is 3.55. The molecule has 0 atom stereocenters. The van der Waals surface area contributed by atoms with Crippen molar-refractivity contribution in [2.45, 2.75) is 0 Å². The van der Waals surface area contributed by atoms with E-state index in [4.69, 9.17) is 16.3 Å². The van der Waals surface area contributed by atoms with Crippen molar-refractivity contribution in [2.75, 3.05) is 12.4 Å². The third-order valence-corrected chi connectivity index (χ3v) is 1.65. The van der Waals surface area contributed by atoms with Gasteiger partial charge in [0.15, 0.2) is 0 Å². The van der Waals surface area contributed by atoms with Gasteiger partial charge in [-0.25, -0.2) is 0 Å². The molecule has 0 saturated heterocycles. The van der Waals surface area contributed by atoms with Crippen molar-refractivity contribution in [3.05, 3.63) is 36.0 Å². The molecule has 0 bridgehead atoms. The molecular formula is C9H10ClNO. The average Bonchev–Trinajstić information content (AvgIpc) is 2.05. The van der Waals surface area contributed by atoms with Gasteiger partial charge in [0.2, 0.25) is 0 Å². The van der Waals surface area contributed by atoms with E-state index < -0.39 is 0 Å². The number of halogens is 1. The topological polar surface area (TPSA) is 21.3 Å². The van der Waals surface area contributed by atoms with Gasteiger partial charge in [0.05, 0.1) is 12.8 Å². The number of nitrogens with one attached hydrogen (secondary N) is 1. The molecule has 0 unspecified atom stereocenters. The highest BCUT2D eigenvalue weighted by Gasteiger charge is 2.00. The van der Waals surface area contributed by atoms with E-state index >= 15 is 0 Å². The van der Waals surface area contributed by atoms with Crippen molar-refractivity contribution in [3.63, 3.8) is 0 Å². The quantitative estimate of drug-likeness (QED) is 0.778. The second kappa shape index (κ2) is 4.02. The number of ether oxygens (including phenoxy) is 1. The fraction of sp³-hybridized carbons (Fsp3) is 0.111. The van der Waals surface area contributed by atoms with E-state index in [-0.39, 0.29) is 0 Å². The van der Waals surface area contributed by atoms with E-state index in [1.54, 1.807) is 31.5 Å². The first kappa shape index (κ1) is 8.94. The summed E-state index contributed by atoms with van der Waals surface area (Å²) in [5.74, 6) is 0.749. The Balaban J connectivity index is 3.03. The molecule has 0 saturated carbocycles. The minimum absolute atomic E-state index is 0.667. The highest BCUT2D eigenvalue weighted by atomic mass is 35.5. The molecule has 2 nitrogen and oxygen atoms in total. The van der Waals surface area contributed by atoms with E-state index in [1.165, 1.54) is 0 Å². The zero-order valence-electron chi connectivity index (χ0n) is 6.80. The Kier molecular flexibility index (Phi) is 3.00. The first-order valence-corrected chi connectivity index (χ1v) is 3.86. The van der Waals surface area contributed by atoms with Crippen molar-refractivity contribution in [2.24, 2.45) is 0 Å². The average molecular weight is 184 g/mol. The van der Waals surface area contributed by atoms with Gasteiger partial charge in [-0.1, -0.05) is 18.2 Å². The highest BCUT2D eigenvalue weighted by Crippen LogP contribution is 2.27. The summed E-state index contributed by atoms with van der Waals surface area (Å²) >= 11 is 5.78. The molecule has 3 heteroatoms. The van der Waals surface area contributed by atoms with Crippen molar-refractivity contribution in [1.29, 1.82) is 0 Å². The predicted octanol–water partition coefficient (Wildman–Crippen LogP) is 2.90. The van der Waals surface area contributed by atoms with Gasteiger partial charge in [-0.3, -0.25) is 0 Å². The maximum Gasteiger partial charge on any atom is 0.142 e. The minimum atomic E-state index is 0.667. The van der Waals surface area contributed by atoms with E-state index in [0.717, 1.165) is 11.4 Å². The van der Waals surface area contributed by atoms with E-state index in [1.807, 2.05) is 0 Å². The summed E-state index contributed by atoms with van der Waals surface area (Å²) in [6.07, 6.45) is 1.58. The SMILES string of the molecule is C=CNc1cc(Cl)ccc1OC. The molecule has 0 aliphatic rings. The molecule has 0 heterocycles. The maximum atomic E-state index is 5.78. The molecule has 0 spiro atoms.